The zero-order valence-corrected chi connectivity index (χ0v) is 9.92. The molecule has 0 saturated carbocycles. The van der Waals surface area contributed by atoms with Gasteiger partial charge in [0.25, 0.3) is 5.91 Å². The molecule has 17 heavy (non-hydrogen) atoms. The van der Waals surface area contributed by atoms with Crippen molar-refractivity contribution in [2.75, 3.05) is 13.7 Å². The molecule has 0 spiro atoms. The van der Waals surface area contributed by atoms with Gasteiger partial charge >= 0.3 is 6.09 Å². The first-order valence-electron chi connectivity index (χ1n) is 5.32. The maximum Gasteiger partial charge on any atom is 0.416 e. The van der Waals surface area contributed by atoms with E-state index >= 15 is 0 Å². The molecule has 0 atom stereocenters. The van der Waals surface area contributed by atoms with E-state index in [0.29, 0.717) is 0 Å². The Labute approximate surface area is 100 Å². The van der Waals surface area contributed by atoms with E-state index < -0.39 is 12.0 Å². The molecule has 0 N–H and O–H groups in total. The van der Waals surface area contributed by atoms with Crippen molar-refractivity contribution in [2.45, 2.75) is 6.92 Å². The minimum atomic E-state index is -0.643. The molecule has 0 bridgehead atoms. The molecule has 0 radical (unpaired) electrons. The highest BCUT2D eigenvalue weighted by atomic mass is 16.6. The number of imide groups is 1. The molecule has 0 heterocycles. The number of hydrogen-bond donors (Lipinski definition) is 0. The summed E-state index contributed by atoms with van der Waals surface area (Å²) in [5.74, 6) is -0.410. The summed E-state index contributed by atoms with van der Waals surface area (Å²) < 4.78 is 4.71. The molecule has 0 aliphatic heterocycles. The summed E-state index contributed by atoms with van der Waals surface area (Å²) >= 11 is 0. The van der Waals surface area contributed by atoms with Crippen molar-refractivity contribution >= 4 is 18.1 Å². The Morgan fingerprint density at radius 2 is 1.94 bits per heavy atom. The Hall–Kier alpha value is -2.10. The lowest BCUT2D eigenvalue weighted by atomic mass is 10.2. The van der Waals surface area contributed by atoms with Crippen LogP contribution in [0, 0.1) is 0 Å². The van der Waals surface area contributed by atoms with Crippen LogP contribution >= 0.6 is 0 Å². The first-order valence-corrected chi connectivity index (χ1v) is 5.32. The minimum absolute atomic E-state index is 0.249. The highest BCUT2D eigenvalue weighted by molar-refractivity contribution is 6.00. The molecule has 4 nitrogen and oxygen atoms in total. The van der Waals surface area contributed by atoms with Gasteiger partial charge in [0, 0.05) is 13.1 Å². The van der Waals surface area contributed by atoms with Crippen LogP contribution in [0.25, 0.3) is 6.08 Å². The van der Waals surface area contributed by atoms with E-state index in [1.807, 2.05) is 30.3 Å². The van der Waals surface area contributed by atoms with E-state index in [4.69, 9.17) is 4.74 Å². The van der Waals surface area contributed by atoms with Crippen LogP contribution in [0.1, 0.15) is 12.5 Å². The number of carbonyl (C=O) groups excluding carboxylic acids is 2. The third-order valence-corrected chi connectivity index (χ3v) is 2.09. The van der Waals surface area contributed by atoms with Crippen LogP contribution in [0.5, 0.6) is 0 Å². The first-order chi connectivity index (χ1) is 8.15. The summed E-state index contributed by atoms with van der Waals surface area (Å²) in [4.78, 5) is 23.7. The summed E-state index contributed by atoms with van der Waals surface area (Å²) in [7, 11) is 1.38. The normalized spacial score (nSPS) is 10.2. The van der Waals surface area contributed by atoms with Gasteiger partial charge in [-0.25, -0.2) is 9.69 Å². The van der Waals surface area contributed by atoms with Crippen molar-refractivity contribution in [3.63, 3.8) is 0 Å². The molecule has 0 aromatic heterocycles. The number of carbonyl (C=O) groups is 2. The summed E-state index contributed by atoms with van der Waals surface area (Å²) in [6.07, 6.45) is 2.35. The van der Waals surface area contributed by atoms with Crippen molar-refractivity contribution < 1.29 is 14.3 Å². The number of benzene rings is 1. The number of rotatable bonds is 3. The fourth-order valence-corrected chi connectivity index (χ4v) is 1.15. The van der Waals surface area contributed by atoms with Gasteiger partial charge in [-0.15, -0.1) is 0 Å². The summed E-state index contributed by atoms with van der Waals surface area (Å²) in [5.41, 5.74) is 0.901. The molecule has 0 unspecified atom stereocenters. The smallest absolute Gasteiger partial charge is 0.416 e. The van der Waals surface area contributed by atoms with E-state index in [9.17, 15) is 9.59 Å². The van der Waals surface area contributed by atoms with E-state index in [2.05, 4.69) is 0 Å². The molecule has 0 fully saturated rings. The lowest BCUT2D eigenvalue weighted by Crippen LogP contribution is -2.32. The highest BCUT2D eigenvalue weighted by Crippen LogP contribution is 2.02. The van der Waals surface area contributed by atoms with E-state index in [-0.39, 0.29) is 6.61 Å². The van der Waals surface area contributed by atoms with Gasteiger partial charge in [-0.05, 0) is 18.6 Å². The van der Waals surface area contributed by atoms with Crippen molar-refractivity contribution in [3.8, 4) is 0 Å². The molecular formula is C13H15NO3. The zero-order chi connectivity index (χ0) is 12.7. The average molecular weight is 233 g/mol. The van der Waals surface area contributed by atoms with Crippen LogP contribution in [0.4, 0.5) is 4.79 Å². The molecule has 4 heteroatoms. The molecule has 0 aliphatic carbocycles. The molecule has 1 aromatic carbocycles. The Morgan fingerprint density at radius 3 is 2.53 bits per heavy atom. The van der Waals surface area contributed by atoms with Gasteiger partial charge in [0.1, 0.15) is 0 Å². The van der Waals surface area contributed by atoms with Crippen LogP contribution in [0.3, 0.4) is 0 Å². The fourth-order valence-electron chi connectivity index (χ4n) is 1.15. The number of nitrogens with zero attached hydrogens (tertiary/aromatic N) is 1. The summed E-state index contributed by atoms with van der Waals surface area (Å²) in [6.45, 7) is 1.94. The van der Waals surface area contributed by atoms with Gasteiger partial charge in [-0.1, -0.05) is 30.3 Å². The zero-order valence-electron chi connectivity index (χ0n) is 9.92. The lowest BCUT2D eigenvalue weighted by molar-refractivity contribution is -0.123. The van der Waals surface area contributed by atoms with Crippen molar-refractivity contribution in [1.29, 1.82) is 0 Å². The Bertz CT molecular complexity index is 412. The number of hydrogen-bond acceptors (Lipinski definition) is 3. The second-order valence-electron chi connectivity index (χ2n) is 3.34. The van der Waals surface area contributed by atoms with Gasteiger partial charge < -0.3 is 4.74 Å². The Kier molecular flexibility index (Phi) is 4.94. The van der Waals surface area contributed by atoms with Crippen LogP contribution in [-0.4, -0.2) is 30.6 Å². The maximum atomic E-state index is 11.6. The predicted molar refractivity (Wildman–Crippen MR) is 65.3 cm³/mol. The topological polar surface area (TPSA) is 46.6 Å². The number of likely N-dealkylation sites (N-methyl/N-ethyl adjacent to an activating group) is 1. The van der Waals surface area contributed by atoms with Gasteiger partial charge in [-0.3, -0.25) is 4.79 Å². The van der Waals surface area contributed by atoms with Gasteiger partial charge in [-0.2, -0.15) is 0 Å². The first kappa shape index (κ1) is 13.0. The molecule has 0 aliphatic rings. The second-order valence-corrected chi connectivity index (χ2v) is 3.34. The number of amides is 2. The highest BCUT2D eigenvalue weighted by Gasteiger charge is 2.14. The molecule has 90 valence electrons. The molecular weight excluding hydrogens is 218 g/mol. The molecule has 2 amide bonds. The van der Waals surface area contributed by atoms with Crippen LogP contribution in [-0.2, 0) is 9.53 Å². The molecule has 0 saturated heterocycles. The van der Waals surface area contributed by atoms with Crippen molar-refractivity contribution in [2.24, 2.45) is 0 Å². The van der Waals surface area contributed by atoms with Crippen molar-refractivity contribution in [3.05, 3.63) is 42.0 Å². The van der Waals surface area contributed by atoms with E-state index in [0.717, 1.165) is 10.5 Å². The molecule has 1 rings (SSSR count). The van der Waals surface area contributed by atoms with Crippen LogP contribution < -0.4 is 0 Å². The standard InChI is InChI=1S/C13H15NO3/c1-3-17-13(16)14(2)12(15)10-9-11-7-5-4-6-8-11/h4-10H,3H2,1-2H3/b10-9+. The SMILES string of the molecule is CCOC(=O)N(C)C(=O)/C=C/c1ccccc1. The largest absolute Gasteiger partial charge is 0.449 e. The van der Waals surface area contributed by atoms with Gasteiger partial charge in [0.2, 0.25) is 0 Å². The minimum Gasteiger partial charge on any atom is -0.449 e. The van der Waals surface area contributed by atoms with Gasteiger partial charge in [0.05, 0.1) is 6.61 Å². The third-order valence-electron chi connectivity index (χ3n) is 2.09. The maximum absolute atomic E-state index is 11.6. The average Bonchev–Trinajstić information content (AvgIpc) is 2.36. The van der Waals surface area contributed by atoms with E-state index in [1.54, 1.807) is 13.0 Å². The van der Waals surface area contributed by atoms with E-state index in [1.165, 1.54) is 13.1 Å². The third kappa shape index (κ3) is 4.10. The van der Waals surface area contributed by atoms with Gasteiger partial charge in [0.15, 0.2) is 0 Å². The fraction of sp³-hybridized carbons (Fsp3) is 0.231. The lowest BCUT2D eigenvalue weighted by Gasteiger charge is -2.11. The van der Waals surface area contributed by atoms with Crippen LogP contribution in [0.2, 0.25) is 0 Å². The summed E-state index contributed by atoms with van der Waals surface area (Å²) in [6, 6.07) is 9.38. The second kappa shape index (κ2) is 6.48. The quantitative estimate of drug-likeness (QED) is 0.753. The predicted octanol–water partition coefficient (Wildman–Crippen LogP) is 2.31. The summed E-state index contributed by atoms with van der Waals surface area (Å²) in [5, 5.41) is 0. The Morgan fingerprint density at radius 1 is 1.29 bits per heavy atom. The Balaban J connectivity index is 2.60. The number of ether oxygens (including phenoxy) is 1. The van der Waals surface area contributed by atoms with Crippen LogP contribution in [0.15, 0.2) is 36.4 Å². The molecule has 1 aromatic rings. The monoisotopic (exact) mass is 233 g/mol. The van der Waals surface area contributed by atoms with Crippen molar-refractivity contribution in [1.82, 2.24) is 4.90 Å².